The van der Waals surface area contributed by atoms with Crippen molar-refractivity contribution in [3.8, 4) is 0 Å². The number of rotatable bonds is 7. The fourth-order valence-corrected chi connectivity index (χ4v) is 3.30. The first-order valence-electron chi connectivity index (χ1n) is 8.66. The van der Waals surface area contributed by atoms with Gasteiger partial charge in [0.15, 0.2) is 0 Å². The topological polar surface area (TPSA) is 60.2 Å². The number of halogens is 2. The molecule has 142 valence electrons. The minimum atomic E-state index is -0.0935. The van der Waals surface area contributed by atoms with E-state index in [0.717, 1.165) is 27.5 Å². The fourth-order valence-electron chi connectivity index (χ4n) is 2.81. The average Bonchev–Trinajstić information content (AvgIpc) is 2.98. The number of fused-ring (bicyclic) bond motifs is 1. The van der Waals surface area contributed by atoms with Crippen LogP contribution in [0.2, 0.25) is 5.02 Å². The number of hydrogen-bond acceptors (Lipinski definition) is 3. The minimum Gasteiger partial charge on any atom is -0.367 e. The summed E-state index contributed by atoms with van der Waals surface area (Å²) in [6.45, 7) is 1.96. The predicted molar refractivity (Wildman–Crippen MR) is 116 cm³/mol. The van der Waals surface area contributed by atoms with Gasteiger partial charge >= 0.3 is 0 Å². The van der Waals surface area contributed by atoms with E-state index < -0.39 is 0 Å². The van der Waals surface area contributed by atoms with Gasteiger partial charge in [0.2, 0.25) is 0 Å². The standard InChI is InChI=1S/C20H22BrClN4O/c1-26(2)10-9-23-20(27)18-16-8-5-14(21)11-17(16)25-19(18)24-12-13-3-6-15(22)7-4-13/h3-8,11,24-25H,9-10,12H2,1-2H3,(H,23,27). The van der Waals surface area contributed by atoms with Gasteiger partial charge in [-0.15, -0.1) is 0 Å². The van der Waals surface area contributed by atoms with Gasteiger partial charge in [-0.2, -0.15) is 0 Å². The first-order valence-corrected chi connectivity index (χ1v) is 9.83. The summed E-state index contributed by atoms with van der Waals surface area (Å²) in [5.74, 6) is 0.615. The van der Waals surface area contributed by atoms with Gasteiger partial charge in [-0.05, 0) is 43.9 Å². The summed E-state index contributed by atoms with van der Waals surface area (Å²) in [4.78, 5) is 18.2. The Kier molecular flexibility index (Phi) is 6.42. The van der Waals surface area contributed by atoms with E-state index in [9.17, 15) is 4.79 Å². The third-order valence-corrected chi connectivity index (χ3v) is 4.96. The number of carbonyl (C=O) groups excluding carboxylic acids is 1. The molecular formula is C20H22BrClN4O. The van der Waals surface area contributed by atoms with Crippen molar-refractivity contribution in [1.29, 1.82) is 0 Å². The van der Waals surface area contributed by atoms with Crippen LogP contribution >= 0.6 is 27.5 Å². The summed E-state index contributed by atoms with van der Waals surface area (Å²) in [6.07, 6.45) is 0. The second-order valence-corrected chi connectivity index (χ2v) is 7.96. The van der Waals surface area contributed by atoms with Crippen molar-refractivity contribution in [3.63, 3.8) is 0 Å². The number of nitrogens with one attached hydrogen (secondary N) is 3. The molecule has 1 heterocycles. The second-order valence-electron chi connectivity index (χ2n) is 6.60. The van der Waals surface area contributed by atoms with Crippen molar-refractivity contribution in [2.24, 2.45) is 0 Å². The molecule has 0 atom stereocenters. The number of carbonyl (C=O) groups is 1. The second kappa shape index (κ2) is 8.78. The average molecular weight is 450 g/mol. The number of hydrogen-bond donors (Lipinski definition) is 3. The molecule has 2 aromatic carbocycles. The molecule has 3 rings (SSSR count). The zero-order valence-corrected chi connectivity index (χ0v) is 17.6. The van der Waals surface area contributed by atoms with E-state index in [0.29, 0.717) is 29.5 Å². The number of anilines is 1. The van der Waals surface area contributed by atoms with Gasteiger partial charge in [0.05, 0.1) is 5.56 Å². The predicted octanol–water partition coefficient (Wildman–Crippen LogP) is 4.49. The Hall–Kier alpha value is -2.02. The van der Waals surface area contributed by atoms with E-state index in [1.165, 1.54) is 0 Å². The highest BCUT2D eigenvalue weighted by molar-refractivity contribution is 9.10. The minimum absolute atomic E-state index is 0.0935. The monoisotopic (exact) mass is 448 g/mol. The van der Waals surface area contributed by atoms with E-state index in [4.69, 9.17) is 11.6 Å². The molecule has 0 fully saturated rings. The summed E-state index contributed by atoms with van der Waals surface area (Å²) < 4.78 is 0.958. The van der Waals surface area contributed by atoms with E-state index in [1.807, 2.05) is 61.5 Å². The van der Waals surface area contributed by atoms with Gasteiger partial charge in [0.25, 0.3) is 5.91 Å². The third kappa shape index (κ3) is 5.03. The van der Waals surface area contributed by atoms with E-state index in [1.54, 1.807) is 0 Å². The third-order valence-electron chi connectivity index (χ3n) is 4.21. The van der Waals surface area contributed by atoms with Gasteiger partial charge in [0.1, 0.15) is 5.82 Å². The molecule has 3 N–H and O–H groups in total. The Balaban J connectivity index is 1.85. The number of aromatic amines is 1. The van der Waals surface area contributed by atoms with Crippen LogP contribution in [-0.2, 0) is 6.54 Å². The summed E-state index contributed by atoms with van der Waals surface area (Å²) in [5, 5.41) is 7.94. The van der Waals surface area contributed by atoms with Crippen LogP contribution in [0.25, 0.3) is 10.9 Å². The molecule has 7 heteroatoms. The molecule has 0 spiro atoms. The summed E-state index contributed by atoms with van der Waals surface area (Å²) in [6, 6.07) is 13.5. The molecule has 0 unspecified atom stereocenters. The van der Waals surface area contributed by atoms with Crippen molar-refractivity contribution < 1.29 is 4.79 Å². The molecule has 0 aliphatic heterocycles. The zero-order chi connectivity index (χ0) is 19.4. The summed E-state index contributed by atoms with van der Waals surface area (Å²) in [5.41, 5.74) is 2.61. The molecule has 3 aromatic rings. The molecule has 5 nitrogen and oxygen atoms in total. The number of likely N-dealkylation sites (N-methyl/N-ethyl adjacent to an activating group) is 1. The zero-order valence-electron chi connectivity index (χ0n) is 15.3. The van der Waals surface area contributed by atoms with Gasteiger partial charge in [-0.3, -0.25) is 4.79 Å². The summed E-state index contributed by atoms with van der Waals surface area (Å²) >= 11 is 9.43. The smallest absolute Gasteiger partial charge is 0.255 e. The van der Waals surface area contributed by atoms with Crippen LogP contribution in [0.1, 0.15) is 15.9 Å². The Morgan fingerprint density at radius 2 is 1.93 bits per heavy atom. The van der Waals surface area contributed by atoms with Crippen LogP contribution in [0.5, 0.6) is 0 Å². The van der Waals surface area contributed by atoms with E-state index >= 15 is 0 Å². The molecule has 27 heavy (non-hydrogen) atoms. The molecular weight excluding hydrogens is 428 g/mol. The number of aromatic nitrogens is 1. The lowest BCUT2D eigenvalue weighted by molar-refractivity contribution is 0.0953. The van der Waals surface area contributed by atoms with Crippen molar-refractivity contribution in [1.82, 2.24) is 15.2 Å². The van der Waals surface area contributed by atoms with E-state index in [-0.39, 0.29) is 5.91 Å². The lowest BCUT2D eigenvalue weighted by Gasteiger charge is -2.12. The van der Waals surface area contributed by atoms with E-state index in [2.05, 4.69) is 31.5 Å². The van der Waals surface area contributed by atoms with Crippen LogP contribution in [-0.4, -0.2) is 43.0 Å². The highest BCUT2D eigenvalue weighted by atomic mass is 79.9. The normalized spacial score (nSPS) is 11.1. The molecule has 1 amide bonds. The first-order chi connectivity index (χ1) is 12.9. The molecule has 0 aliphatic rings. The molecule has 0 radical (unpaired) electrons. The number of benzene rings is 2. The van der Waals surface area contributed by atoms with Crippen LogP contribution < -0.4 is 10.6 Å². The Labute approximate surface area is 172 Å². The van der Waals surface area contributed by atoms with Crippen LogP contribution in [0, 0.1) is 0 Å². The maximum Gasteiger partial charge on any atom is 0.255 e. The van der Waals surface area contributed by atoms with Crippen LogP contribution in [0.3, 0.4) is 0 Å². The summed E-state index contributed by atoms with van der Waals surface area (Å²) in [7, 11) is 3.96. The SMILES string of the molecule is CN(C)CCNC(=O)c1c(NCc2ccc(Cl)cc2)[nH]c2cc(Br)ccc12. The van der Waals surface area contributed by atoms with Crippen molar-refractivity contribution in [3.05, 3.63) is 63.1 Å². The number of H-pyrrole nitrogens is 1. The number of amides is 1. The van der Waals surface area contributed by atoms with Gasteiger partial charge in [-0.1, -0.05) is 45.7 Å². The first kappa shape index (κ1) is 19.7. The molecule has 0 saturated carbocycles. The lowest BCUT2D eigenvalue weighted by atomic mass is 10.1. The molecule has 0 aliphatic carbocycles. The highest BCUT2D eigenvalue weighted by Crippen LogP contribution is 2.29. The quantitative estimate of drug-likeness (QED) is 0.498. The molecule has 0 saturated heterocycles. The van der Waals surface area contributed by atoms with Gasteiger partial charge < -0.3 is 20.5 Å². The van der Waals surface area contributed by atoms with Crippen molar-refractivity contribution in [2.45, 2.75) is 6.54 Å². The largest absolute Gasteiger partial charge is 0.367 e. The van der Waals surface area contributed by atoms with Gasteiger partial charge in [-0.25, -0.2) is 0 Å². The maximum atomic E-state index is 12.8. The Bertz CT molecular complexity index is 937. The van der Waals surface area contributed by atoms with Crippen molar-refractivity contribution in [2.75, 3.05) is 32.5 Å². The van der Waals surface area contributed by atoms with Crippen LogP contribution in [0.4, 0.5) is 5.82 Å². The van der Waals surface area contributed by atoms with Crippen molar-refractivity contribution >= 4 is 50.2 Å². The molecule has 1 aromatic heterocycles. The number of nitrogens with zero attached hydrogens (tertiary/aromatic N) is 1. The molecule has 0 bridgehead atoms. The Morgan fingerprint density at radius 1 is 1.19 bits per heavy atom. The van der Waals surface area contributed by atoms with Gasteiger partial charge in [0, 0.05) is 40.0 Å². The fraction of sp³-hybridized carbons (Fsp3) is 0.250. The lowest BCUT2D eigenvalue weighted by Crippen LogP contribution is -2.31. The van der Waals surface area contributed by atoms with Crippen LogP contribution in [0.15, 0.2) is 46.9 Å². The Morgan fingerprint density at radius 3 is 2.63 bits per heavy atom. The highest BCUT2D eigenvalue weighted by Gasteiger charge is 2.18. The maximum absolute atomic E-state index is 12.8.